The van der Waals surface area contributed by atoms with E-state index in [2.05, 4.69) is 45.8 Å². The molecule has 0 saturated carbocycles. The van der Waals surface area contributed by atoms with Crippen molar-refractivity contribution in [3.63, 3.8) is 0 Å². The average Bonchev–Trinajstić information content (AvgIpc) is 2.23. The highest BCUT2D eigenvalue weighted by Crippen LogP contribution is 2.38. The van der Waals surface area contributed by atoms with Gasteiger partial charge in [-0.2, -0.15) is 0 Å². The lowest BCUT2D eigenvalue weighted by molar-refractivity contribution is -0.136. The molecule has 4 nitrogen and oxygen atoms in total. The molecule has 0 atom stereocenters. The Morgan fingerprint density at radius 3 is 2.11 bits per heavy atom. The first-order valence-corrected chi connectivity index (χ1v) is 6.62. The topological polar surface area (TPSA) is 49.8 Å². The highest BCUT2D eigenvalue weighted by molar-refractivity contribution is 5.83. The Morgan fingerprint density at radius 1 is 1.21 bits per heavy atom. The van der Waals surface area contributed by atoms with Crippen molar-refractivity contribution in [2.45, 2.75) is 58.0 Å². The van der Waals surface area contributed by atoms with Crippen molar-refractivity contribution in [2.24, 2.45) is 0 Å². The van der Waals surface area contributed by atoms with Crippen LogP contribution in [-0.2, 0) is 9.53 Å². The lowest BCUT2D eigenvalue weighted by Crippen LogP contribution is -2.59. The lowest BCUT2D eigenvalue weighted by atomic mass is 9.80. The number of nitrogens with zero attached hydrogens (tertiary/aromatic N) is 1. The summed E-state index contributed by atoms with van der Waals surface area (Å²) in [6.45, 7) is 16.5. The fourth-order valence-corrected chi connectivity index (χ4v) is 2.90. The predicted molar refractivity (Wildman–Crippen MR) is 75.7 cm³/mol. The maximum absolute atomic E-state index is 10.7. The maximum Gasteiger partial charge on any atom is 0.371 e. The van der Waals surface area contributed by atoms with E-state index in [0.29, 0.717) is 12.3 Å². The summed E-state index contributed by atoms with van der Waals surface area (Å²) in [5.74, 6) is -1.01. The van der Waals surface area contributed by atoms with Gasteiger partial charge >= 0.3 is 5.97 Å². The molecule has 0 aromatic carbocycles. The van der Waals surface area contributed by atoms with E-state index in [0.717, 1.165) is 12.8 Å². The molecule has 0 aromatic heterocycles. The summed E-state index contributed by atoms with van der Waals surface area (Å²) in [5, 5.41) is 8.76. The second kappa shape index (κ2) is 5.37. The van der Waals surface area contributed by atoms with Gasteiger partial charge in [0, 0.05) is 11.1 Å². The number of hydrogen-bond donors (Lipinski definition) is 1. The molecule has 0 bridgehead atoms. The molecule has 19 heavy (non-hydrogen) atoms. The minimum atomic E-state index is -1.15. The van der Waals surface area contributed by atoms with Crippen LogP contribution in [0.4, 0.5) is 0 Å². The molecule has 0 amide bonds. The highest BCUT2D eigenvalue weighted by atomic mass is 16.5. The summed E-state index contributed by atoms with van der Waals surface area (Å²) in [5.41, 5.74) is 0.108. The highest BCUT2D eigenvalue weighted by Gasteiger charge is 2.41. The average molecular weight is 267 g/mol. The van der Waals surface area contributed by atoms with Crippen molar-refractivity contribution >= 4 is 5.97 Å². The molecule has 0 unspecified atom stereocenters. The Morgan fingerprint density at radius 2 is 1.68 bits per heavy atom. The van der Waals surface area contributed by atoms with Gasteiger partial charge < -0.3 is 9.84 Å². The molecular weight excluding hydrogens is 242 g/mol. The van der Waals surface area contributed by atoms with Crippen LogP contribution in [-0.4, -0.2) is 33.6 Å². The van der Waals surface area contributed by atoms with Gasteiger partial charge in [-0.3, -0.25) is 4.90 Å². The number of carboxylic acids is 1. The van der Waals surface area contributed by atoms with Gasteiger partial charge in [-0.15, -0.1) is 0 Å². The Bertz CT molecular complexity index is 380. The zero-order chi connectivity index (χ0) is 14.8. The van der Waals surface area contributed by atoms with Crippen LogP contribution >= 0.6 is 0 Å². The third-order valence-corrected chi connectivity index (χ3v) is 3.88. The van der Waals surface area contributed by atoms with Crippen molar-refractivity contribution < 1.29 is 14.6 Å². The zero-order valence-electron chi connectivity index (χ0n) is 12.5. The smallest absolute Gasteiger partial charge is 0.371 e. The number of ether oxygens (including phenoxy) is 1. The Kier molecular flexibility index (Phi) is 4.46. The second-order valence-corrected chi connectivity index (χ2v) is 6.43. The first-order valence-electron chi connectivity index (χ1n) is 6.62. The summed E-state index contributed by atoms with van der Waals surface area (Å²) in [6, 6.07) is 0. The van der Waals surface area contributed by atoms with Crippen LogP contribution in [0.15, 0.2) is 24.7 Å². The second-order valence-electron chi connectivity index (χ2n) is 6.43. The Labute approximate surface area is 115 Å². The monoisotopic (exact) mass is 267 g/mol. The van der Waals surface area contributed by atoms with E-state index in [-0.39, 0.29) is 16.8 Å². The Balaban J connectivity index is 2.75. The van der Waals surface area contributed by atoms with Gasteiger partial charge in [-0.05, 0) is 53.5 Å². The summed E-state index contributed by atoms with van der Waals surface area (Å²) in [6.07, 6.45) is 3.43. The van der Waals surface area contributed by atoms with Gasteiger partial charge in [-0.1, -0.05) is 6.58 Å². The van der Waals surface area contributed by atoms with Gasteiger partial charge in [0.1, 0.15) is 5.76 Å². The van der Waals surface area contributed by atoms with E-state index in [1.54, 1.807) is 0 Å². The number of likely N-dealkylation sites (tertiary alicyclic amines) is 1. The van der Waals surface area contributed by atoms with Crippen molar-refractivity contribution in [2.75, 3.05) is 6.54 Å². The molecule has 0 aromatic rings. The number of aliphatic carboxylic acids is 1. The molecule has 0 aliphatic carbocycles. The fourth-order valence-electron chi connectivity index (χ4n) is 2.90. The normalized spacial score (nSPS) is 21.7. The molecule has 0 spiro atoms. The summed E-state index contributed by atoms with van der Waals surface area (Å²) >= 11 is 0. The van der Waals surface area contributed by atoms with Crippen LogP contribution in [0.1, 0.15) is 47.0 Å². The van der Waals surface area contributed by atoms with Crippen LogP contribution in [0.3, 0.4) is 0 Å². The molecule has 0 radical (unpaired) electrons. The maximum atomic E-state index is 10.7. The largest absolute Gasteiger partial charge is 0.475 e. The third kappa shape index (κ3) is 3.83. The van der Waals surface area contributed by atoms with Gasteiger partial charge in [0.15, 0.2) is 0 Å². The van der Waals surface area contributed by atoms with Gasteiger partial charge in [0.2, 0.25) is 5.76 Å². The third-order valence-electron chi connectivity index (χ3n) is 3.88. The minimum absolute atomic E-state index is 0.0542. The van der Waals surface area contributed by atoms with Crippen molar-refractivity contribution in [1.82, 2.24) is 4.90 Å². The molecule has 1 saturated heterocycles. The van der Waals surface area contributed by atoms with Gasteiger partial charge in [0.25, 0.3) is 0 Å². The summed E-state index contributed by atoms with van der Waals surface area (Å²) in [7, 11) is 0. The Hall–Kier alpha value is -1.29. The van der Waals surface area contributed by atoms with Crippen LogP contribution in [0.5, 0.6) is 0 Å². The first kappa shape index (κ1) is 15.8. The van der Waals surface area contributed by atoms with Crippen molar-refractivity contribution in [3.8, 4) is 0 Å². The molecule has 1 aliphatic rings. The minimum Gasteiger partial charge on any atom is -0.475 e. The summed E-state index contributed by atoms with van der Waals surface area (Å²) in [4.78, 5) is 13.0. The number of piperidine rings is 1. The fraction of sp³-hybridized carbons (Fsp3) is 0.667. The van der Waals surface area contributed by atoms with E-state index < -0.39 is 5.97 Å². The number of rotatable bonds is 5. The molecule has 1 fully saturated rings. The van der Waals surface area contributed by atoms with Crippen LogP contribution in [0.2, 0.25) is 0 Å². The van der Waals surface area contributed by atoms with Gasteiger partial charge in [-0.25, -0.2) is 4.79 Å². The molecular formula is C15H25NO3. The number of carboxylic acid groups (broad SMARTS) is 1. The number of hydrogen-bond acceptors (Lipinski definition) is 3. The SMILES string of the molecule is C=C(CN1C(C)(C)CCCC1(C)C)OC(=C)C(=O)O. The molecule has 108 valence electrons. The quantitative estimate of drug-likeness (QED) is 0.614. The van der Waals surface area contributed by atoms with Crippen LogP contribution < -0.4 is 0 Å². The molecule has 1 heterocycles. The van der Waals surface area contributed by atoms with E-state index >= 15 is 0 Å². The van der Waals surface area contributed by atoms with E-state index in [1.165, 1.54) is 6.42 Å². The van der Waals surface area contributed by atoms with E-state index in [9.17, 15) is 4.79 Å². The molecule has 1 rings (SSSR count). The van der Waals surface area contributed by atoms with Gasteiger partial charge in [0.05, 0.1) is 6.54 Å². The van der Waals surface area contributed by atoms with E-state index in [1.807, 2.05) is 0 Å². The van der Waals surface area contributed by atoms with Crippen molar-refractivity contribution in [3.05, 3.63) is 24.7 Å². The molecule has 1 aliphatic heterocycles. The molecule has 4 heteroatoms. The van der Waals surface area contributed by atoms with Crippen molar-refractivity contribution in [1.29, 1.82) is 0 Å². The first-order chi connectivity index (χ1) is 8.56. The molecule has 1 N–H and O–H groups in total. The summed E-state index contributed by atoms with van der Waals surface area (Å²) < 4.78 is 5.17. The van der Waals surface area contributed by atoms with Crippen LogP contribution in [0.25, 0.3) is 0 Å². The predicted octanol–water partition coefficient (Wildman–Crippen LogP) is 3.16. The standard InChI is InChI=1S/C15H25NO3/c1-11(19-12(2)13(17)18)10-16-14(3,4)8-7-9-15(16,5)6/h1-2,7-10H2,3-6H3,(H,17,18). The van der Waals surface area contributed by atoms with E-state index in [4.69, 9.17) is 9.84 Å². The number of carbonyl (C=O) groups is 1. The van der Waals surface area contributed by atoms with Crippen LogP contribution in [0, 0.1) is 0 Å². The zero-order valence-corrected chi connectivity index (χ0v) is 12.5. The lowest BCUT2D eigenvalue weighted by Gasteiger charge is -2.53.